The number of ether oxygens (including phenoxy) is 1. The van der Waals surface area contributed by atoms with Gasteiger partial charge in [0.1, 0.15) is 5.56 Å². The van der Waals surface area contributed by atoms with Gasteiger partial charge in [0.25, 0.3) is 11.5 Å². The Bertz CT molecular complexity index is 1140. The Morgan fingerprint density at radius 2 is 1.90 bits per heavy atom. The molecular formula is C23H25N5O3. The summed E-state index contributed by atoms with van der Waals surface area (Å²) in [5, 5.41) is 0. The largest absolute Gasteiger partial charge is 0.480 e. The Morgan fingerprint density at radius 1 is 1.10 bits per heavy atom. The molecule has 8 heteroatoms. The molecule has 0 aliphatic carbocycles. The summed E-state index contributed by atoms with van der Waals surface area (Å²) < 4.78 is 6.72. The number of rotatable bonds is 5. The molecule has 1 aromatic carbocycles. The number of carbonyl (C=O) groups is 1. The van der Waals surface area contributed by atoms with Crippen molar-refractivity contribution in [3.05, 3.63) is 82.0 Å². The first-order chi connectivity index (χ1) is 15.0. The highest BCUT2D eigenvalue weighted by Gasteiger charge is 2.25. The second-order valence-corrected chi connectivity index (χ2v) is 7.54. The average molecular weight is 419 g/mol. The molecule has 31 heavy (non-hydrogen) atoms. The third kappa shape index (κ3) is 4.58. The minimum atomic E-state index is -0.268. The molecule has 3 aromatic rings. The van der Waals surface area contributed by atoms with E-state index in [9.17, 15) is 9.59 Å². The highest BCUT2D eigenvalue weighted by molar-refractivity contribution is 5.94. The maximum atomic E-state index is 13.1. The van der Waals surface area contributed by atoms with E-state index in [1.54, 1.807) is 47.3 Å². The van der Waals surface area contributed by atoms with Crippen molar-refractivity contribution in [2.45, 2.75) is 13.5 Å². The molecule has 0 saturated carbocycles. The molecule has 0 atom stereocenters. The number of hydrogen-bond donors (Lipinski definition) is 0. The first-order valence-corrected chi connectivity index (χ1v) is 10.2. The van der Waals surface area contributed by atoms with Crippen molar-refractivity contribution in [1.29, 1.82) is 0 Å². The predicted molar refractivity (Wildman–Crippen MR) is 118 cm³/mol. The summed E-state index contributed by atoms with van der Waals surface area (Å²) in [6, 6.07) is 11.4. The van der Waals surface area contributed by atoms with E-state index < -0.39 is 0 Å². The maximum Gasteiger partial charge on any atom is 0.263 e. The van der Waals surface area contributed by atoms with Crippen molar-refractivity contribution in [2.75, 3.05) is 38.2 Å². The highest BCUT2D eigenvalue weighted by atomic mass is 16.5. The Morgan fingerprint density at radius 3 is 2.65 bits per heavy atom. The van der Waals surface area contributed by atoms with Crippen LogP contribution in [0.2, 0.25) is 0 Å². The summed E-state index contributed by atoms with van der Waals surface area (Å²) >= 11 is 0. The van der Waals surface area contributed by atoms with Gasteiger partial charge in [-0.15, -0.1) is 0 Å². The highest BCUT2D eigenvalue weighted by Crippen LogP contribution is 2.16. The fourth-order valence-corrected chi connectivity index (χ4v) is 3.73. The van der Waals surface area contributed by atoms with Crippen molar-refractivity contribution in [3.63, 3.8) is 0 Å². The molecule has 2 aromatic heterocycles. The zero-order valence-electron chi connectivity index (χ0n) is 17.7. The molecule has 0 radical (unpaired) electrons. The van der Waals surface area contributed by atoms with E-state index in [4.69, 9.17) is 4.74 Å². The number of carbonyl (C=O) groups excluding carboxylic acids is 1. The third-order valence-corrected chi connectivity index (χ3v) is 5.39. The van der Waals surface area contributed by atoms with Gasteiger partial charge in [-0.2, -0.15) is 4.98 Å². The first-order valence-electron chi connectivity index (χ1n) is 10.2. The topological polar surface area (TPSA) is 80.6 Å². The minimum absolute atomic E-state index is 0.199. The number of aromatic nitrogens is 3. The van der Waals surface area contributed by atoms with Crippen LogP contribution in [0.5, 0.6) is 5.88 Å². The van der Waals surface area contributed by atoms with E-state index in [0.717, 1.165) is 11.1 Å². The fraction of sp³-hybridized carbons (Fsp3) is 0.304. The summed E-state index contributed by atoms with van der Waals surface area (Å²) in [6.07, 6.45) is 4.96. The van der Waals surface area contributed by atoms with Gasteiger partial charge in [-0.1, -0.05) is 29.8 Å². The van der Waals surface area contributed by atoms with Crippen molar-refractivity contribution < 1.29 is 9.53 Å². The van der Waals surface area contributed by atoms with Crippen LogP contribution in [0.4, 0.5) is 5.82 Å². The van der Waals surface area contributed by atoms with Gasteiger partial charge in [0, 0.05) is 32.4 Å². The molecule has 1 fully saturated rings. The van der Waals surface area contributed by atoms with Crippen molar-refractivity contribution in [2.24, 2.45) is 0 Å². The molecule has 0 spiro atoms. The number of benzene rings is 1. The number of aryl methyl sites for hydroxylation is 1. The number of methoxy groups -OCH3 is 1. The first kappa shape index (κ1) is 20.6. The fourth-order valence-electron chi connectivity index (χ4n) is 3.73. The van der Waals surface area contributed by atoms with Gasteiger partial charge in [-0.05, 0) is 24.6 Å². The lowest BCUT2D eigenvalue weighted by Gasteiger charge is -2.35. The standard InChI is InChI=1S/C23H25N5O3/c1-17-5-3-6-18(13-17)16-28-8-4-7-19(23(28)30)22(29)27-11-9-26(10-12-27)20-14-24-15-21(25-20)31-2/h3-8,13-15H,9-12,16H2,1-2H3. The Kier molecular flexibility index (Phi) is 5.97. The zero-order chi connectivity index (χ0) is 21.8. The van der Waals surface area contributed by atoms with E-state index in [0.29, 0.717) is 44.4 Å². The molecule has 1 aliphatic heterocycles. The molecule has 0 N–H and O–H groups in total. The minimum Gasteiger partial charge on any atom is -0.480 e. The lowest BCUT2D eigenvalue weighted by Crippen LogP contribution is -2.50. The Labute approximate surface area is 180 Å². The van der Waals surface area contributed by atoms with Crippen molar-refractivity contribution >= 4 is 11.7 Å². The van der Waals surface area contributed by atoms with Gasteiger partial charge in [0.05, 0.1) is 26.0 Å². The van der Waals surface area contributed by atoms with Crippen molar-refractivity contribution in [1.82, 2.24) is 19.4 Å². The SMILES string of the molecule is COc1cncc(N2CCN(C(=O)c3cccn(Cc4cccc(C)c4)c3=O)CC2)n1. The van der Waals surface area contributed by atoms with Crippen LogP contribution in [0.3, 0.4) is 0 Å². The average Bonchev–Trinajstić information content (AvgIpc) is 2.80. The molecule has 3 heterocycles. The number of hydrogen-bond acceptors (Lipinski definition) is 6. The number of amides is 1. The van der Waals surface area contributed by atoms with E-state index >= 15 is 0 Å². The van der Waals surface area contributed by atoms with Crippen LogP contribution in [0.15, 0.2) is 59.8 Å². The number of piperazine rings is 1. The van der Waals surface area contributed by atoms with Crippen LogP contribution in [-0.2, 0) is 6.54 Å². The normalized spacial score (nSPS) is 13.9. The van der Waals surface area contributed by atoms with Gasteiger partial charge in [-0.3, -0.25) is 14.6 Å². The second kappa shape index (κ2) is 8.99. The summed E-state index contributed by atoms with van der Waals surface area (Å²) in [5.41, 5.74) is 2.09. The van der Waals surface area contributed by atoms with Gasteiger partial charge in [-0.25, -0.2) is 0 Å². The quantitative estimate of drug-likeness (QED) is 0.629. The molecule has 4 rings (SSSR count). The van der Waals surface area contributed by atoms with Crippen LogP contribution in [-0.4, -0.2) is 58.6 Å². The van der Waals surface area contributed by atoms with Gasteiger partial charge < -0.3 is 19.1 Å². The van der Waals surface area contributed by atoms with Crippen LogP contribution in [0.1, 0.15) is 21.5 Å². The predicted octanol–water partition coefficient (Wildman–Crippen LogP) is 1.97. The number of pyridine rings is 1. The van der Waals surface area contributed by atoms with Crippen LogP contribution >= 0.6 is 0 Å². The lowest BCUT2D eigenvalue weighted by atomic mass is 10.1. The van der Waals surface area contributed by atoms with Gasteiger partial charge >= 0.3 is 0 Å². The Hall–Kier alpha value is -3.68. The Balaban J connectivity index is 1.46. The number of nitrogens with zero attached hydrogens (tertiary/aromatic N) is 5. The summed E-state index contributed by atoms with van der Waals surface area (Å²) in [5.74, 6) is 0.932. The van der Waals surface area contributed by atoms with Gasteiger partial charge in [0.2, 0.25) is 5.88 Å². The molecular weight excluding hydrogens is 394 g/mol. The molecule has 160 valence electrons. The third-order valence-electron chi connectivity index (χ3n) is 5.39. The summed E-state index contributed by atoms with van der Waals surface area (Å²) in [4.78, 5) is 38.4. The summed E-state index contributed by atoms with van der Waals surface area (Å²) in [7, 11) is 1.55. The smallest absolute Gasteiger partial charge is 0.263 e. The molecule has 1 saturated heterocycles. The second-order valence-electron chi connectivity index (χ2n) is 7.54. The molecule has 0 unspecified atom stereocenters. The van der Waals surface area contributed by atoms with Crippen LogP contribution < -0.4 is 15.2 Å². The molecule has 1 amide bonds. The molecule has 8 nitrogen and oxygen atoms in total. The van der Waals surface area contributed by atoms with Gasteiger partial charge in [0.15, 0.2) is 5.82 Å². The van der Waals surface area contributed by atoms with E-state index in [1.165, 1.54) is 0 Å². The summed E-state index contributed by atoms with van der Waals surface area (Å²) in [6.45, 7) is 4.68. The number of anilines is 1. The van der Waals surface area contributed by atoms with Crippen LogP contribution in [0.25, 0.3) is 0 Å². The van der Waals surface area contributed by atoms with E-state index in [2.05, 4.69) is 14.9 Å². The van der Waals surface area contributed by atoms with Crippen molar-refractivity contribution in [3.8, 4) is 5.88 Å². The lowest BCUT2D eigenvalue weighted by molar-refractivity contribution is 0.0744. The van der Waals surface area contributed by atoms with E-state index in [1.807, 2.05) is 31.2 Å². The monoisotopic (exact) mass is 419 g/mol. The molecule has 1 aliphatic rings. The maximum absolute atomic E-state index is 13.1. The van der Waals surface area contributed by atoms with Crippen LogP contribution in [0, 0.1) is 6.92 Å². The van der Waals surface area contributed by atoms with E-state index in [-0.39, 0.29) is 17.0 Å². The zero-order valence-corrected chi connectivity index (χ0v) is 17.7. The molecule has 0 bridgehead atoms.